The van der Waals surface area contributed by atoms with Gasteiger partial charge in [-0.05, 0) is 56.2 Å². The lowest BCUT2D eigenvalue weighted by Crippen LogP contribution is -2.46. The molecule has 1 aliphatic rings. The summed E-state index contributed by atoms with van der Waals surface area (Å²) in [5.74, 6) is -0.0637. The number of pyridine rings is 1. The molecule has 2 amide bonds. The van der Waals surface area contributed by atoms with E-state index in [0.717, 1.165) is 5.56 Å². The molecule has 0 atom stereocenters. The molecule has 0 bridgehead atoms. The van der Waals surface area contributed by atoms with Gasteiger partial charge in [0.1, 0.15) is 11.6 Å². The van der Waals surface area contributed by atoms with E-state index < -0.39 is 0 Å². The molecule has 160 valence electrons. The number of nitrogens with zero attached hydrogens (tertiary/aromatic N) is 2. The van der Waals surface area contributed by atoms with Crippen molar-refractivity contribution >= 4 is 23.3 Å². The van der Waals surface area contributed by atoms with E-state index in [0.29, 0.717) is 48.8 Å². The van der Waals surface area contributed by atoms with Crippen LogP contribution in [0.1, 0.15) is 39.3 Å². The molecule has 4 rings (SSSR count). The second-order valence-electron chi connectivity index (χ2n) is 7.51. The maximum absolute atomic E-state index is 13.5. The molecule has 1 saturated heterocycles. The number of hydrogen-bond donors (Lipinski definition) is 2. The number of aryl methyl sites for hydroxylation is 1. The Hall–Kier alpha value is -3.68. The number of nitrogens with one attached hydrogen (secondary N) is 2. The van der Waals surface area contributed by atoms with Crippen LogP contribution in [0, 0.1) is 12.7 Å². The van der Waals surface area contributed by atoms with Crippen LogP contribution in [0.4, 0.5) is 15.9 Å². The van der Waals surface area contributed by atoms with E-state index in [9.17, 15) is 14.0 Å². The Kier molecular flexibility index (Phi) is 5.97. The SMILES string of the molecule is Cc1ccoc1C(=O)NC1CCN(C(=O)c2cccnc2Nc2cccc(F)c2)CC1. The van der Waals surface area contributed by atoms with Gasteiger partial charge in [-0.2, -0.15) is 0 Å². The van der Waals surface area contributed by atoms with Crippen molar-refractivity contribution in [3.05, 3.63) is 77.6 Å². The number of hydrogen-bond acceptors (Lipinski definition) is 5. The lowest BCUT2D eigenvalue weighted by Gasteiger charge is -2.32. The zero-order valence-corrected chi connectivity index (χ0v) is 17.1. The van der Waals surface area contributed by atoms with E-state index in [2.05, 4.69) is 15.6 Å². The van der Waals surface area contributed by atoms with Crippen LogP contribution in [0.3, 0.4) is 0 Å². The molecule has 0 aliphatic carbocycles. The van der Waals surface area contributed by atoms with E-state index in [4.69, 9.17) is 4.42 Å². The first-order valence-electron chi connectivity index (χ1n) is 10.1. The number of aromatic nitrogens is 1. The highest BCUT2D eigenvalue weighted by molar-refractivity contribution is 5.99. The molecule has 8 heteroatoms. The minimum absolute atomic E-state index is 0.0279. The Labute approximate surface area is 179 Å². The number of likely N-dealkylation sites (tertiary alicyclic amines) is 1. The lowest BCUT2D eigenvalue weighted by molar-refractivity contribution is 0.0696. The smallest absolute Gasteiger partial charge is 0.287 e. The van der Waals surface area contributed by atoms with Crippen molar-refractivity contribution in [3.63, 3.8) is 0 Å². The molecule has 0 spiro atoms. The predicted molar refractivity (Wildman–Crippen MR) is 114 cm³/mol. The molecule has 0 radical (unpaired) electrons. The third-order valence-corrected chi connectivity index (χ3v) is 5.31. The monoisotopic (exact) mass is 422 g/mol. The van der Waals surface area contributed by atoms with E-state index in [1.807, 2.05) is 6.92 Å². The summed E-state index contributed by atoms with van der Waals surface area (Å²) in [7, 11) is 0. The largest absolute Gasteiger partial charge is 0.459 e. The number of rotatable bonds is 5. The molecular weight excluding hydrogens is 399 g/mol. The molecule has 3 heterocycles. The third kappa shape index (κ3) is 4.74. The quantitative estimate of drug-likeness (QED) is 0.651. The average Bonchev–Trinajstić information content (AvgIpc) is 3.20. The first kappa shape index (κ1) is 20.6. The van der Waals surface area contributed by atoms with E-state index in [1.165, 1.54) is 18.4 Å². The zero-order valence-electron chi connectivity index (χ0n) is 17.1. The number of piperidine rings is 1. The Balaban J connectivity index is 1.39. The van der Waals surface area contributed by atoms with Gasteiger partial charge in [0, 0.05) is 36.6 Å². The van der Waals surface area contributed by atoms with Crippen LogP contribution in [-0.2, 0) is 0 Å². The van der Waals surface area contributed by atoms with Crippen molar-refractivity contribution in [2.45, 2.75) is 25.8 Å². The van der Waals surface area contributed by atoms with Gasteiger partial charge in [0.15, 0.2) is 5.76 Å². The highest BCUT2D eigenvalue weighted by atomic mass is 19.1. The number of furan rings is 1. The van der Waals surface area contributed by atoms with Gasteiger partial charge in [0.25, 0.3) is 11.8 Å². The number of carbonyl (C=O) groups excluding carboxylic acids is 2. The zero-order chi connectivity index (χ0) is 21.8. The first-order valence-corrected chi connectivity index (χ1v) is 10.1. The second-order valence-corrected chi connectivity index (χ2v) is 7.51. The number of anilines is 2. The molecule has 0 unspecified atom stereocenters. The number of benzene rings is 1. The summed E-state index contributed by atoms with van der Waals surface area (Å²) in [5.41, 5.74) is 1.72. The van der Waals surface area contributed by atoms with Crippen molar-refractivity contribution in [1.82, 2.24) is 15.2 Å². The normalized spacial score (nSPS) is 14.3. The van der Waals surface area contributed by atoms with Gasteiger partial charge >= 0.3 is 0 Å². The summed E-state index contributed by atoms with van der Waals surface area (Å²) >= 11 is 0. The summed E-state index contributed by atoms with van der Waals surface area (Å²) < 4.78 is 18.7. The fraction of sp³-hybridized carbons (Fsp3) is 0.261. The molecule has 2 aromatic heterocycles. The lowest BCUT2D eigenvalue weighted by atomic mass is 10.0. The minimum Gasteiger partial charge on any atom is -0.459 e. The molecule has 7 nitrogen and oxygen atoms in total. The van der Waals surface area contributed by atoms with Crippen molar-refractivity contribution in [2.24, 2.45) is 0 Å². The summed E-state index contributed by atoms with van der Waals surface area (Å²) in [6, 6.07) is 11.1. The first-order chi connectivity index (χ1) is 15.0. The molecule has 1 fully saturated rings. The second kappa shape index (κ2) is 8.99. The Morgan fingerprint density at radius 2 is 1.97 bits per heavy atom. The van der Waals surface area contributed by atoms with Crippen molar-refractivity contribution in [2.75, 3.05) is 18.4 Å². The summed E-state index contributed by atoms with van der Waals surface area (Å²) in [6.07, 6.45) is 4.36. The van der Waals surface area contributed by atoms with Crippen LogP contribution in [0.2, 0.25) is 0 Å². The molecule has 3 aromatic rings. The van der Waals surface area contributed by atoms with Crippen LogP contribution >= 0.6 is 0 Å². The molecule has 1 aromatic carbocycles. The van der Waals surface area contributed by atoms with E-state index in [-0.39, 0.29) is 23.7 Å². The molecule has 0 saturated carbocycles. The highest BCUT2D eigenvalue weighted by Crippen LogP contribution is 2.22. The minimum atomic E-state index is -0.373. The van der Waals surface area contributed by atoms with Crippen molar-refractivity contribution in [1.29, 1.82) is 0 Å². The van der Waals surface area contributed by atoms with Crippen LogP contribution < -0.4 is 10.6 Å². The Morgan fingerprint density at radius 1 is 1.16 bits per heavy atom. The van der Waals surface area contributed by atoms with Crippen LogP contribution in [0.5, 0.6) is 0 Å². The molecule has 1 aliphatic heterocycles. The predicted octanol–water partition coefficient (Wildman–Crippen LogP) is 3.90. The van der Waals surface area contributed by atoms with Gasteiger partial charge in [0.2, 0.25) is 0 Å². The molecule has 31 heavy (non-hydrogen) atoms. The topological polar surface area (TPSA) is 87.5 Å². The molecule has 2 N–H and O–H groups in total. The van der Waals surface area contributed by atoms with Gasteiger partial charge in [-0.3, -0.25) is 9.59 Å². The number of amides is 2. The van der Waals surface area contributed by atoms with Crippen molar-refractivity contribution < 1.29 is 18.4 Å². The fourth-order valence-corrected chi connectivity index (χ4v) is 3.63. The van der Waals surface area contributed by atoms with Crippen LogP contribution in [0.15, 0.2) is 59.3 Å². The molecular formula is C23H23FN4O3. The fourth-order valence-electron chi connectivity index (χ4n) is 3.63. The summed E-state index contributed by atoms with van der Waals surface area (Å²) in [5, 5.41) is 6.00. The average molecular weight is 422 g/mol. The van der Waals surface area contributed by atoms with Gasteiger partial charge < -0.3 is 20.0 Å². The van der Waals surface area contributed by atoms with Gasteiger partial charge in [-0.15, -0.1) is 0 Å². The maximum Gasteiger partial charge on any atom is 0.287 e. The standard InChI is InChI=1S/C23H23FN4O3/c1-15-9-13-31-20(15)22(29)27-17-7-11-28(12-8-17)23(30)19-6-3-10-25-21(19)26-18-5-2-4-16(24)14-18/h2-6,9-10,13-14,17H,7-8,11-12H2,1H3,(H,25,26)(H,27,29). The van der Waals surface area contributed by atoms with Crippen LogP contribution in [0.25, 0.3) is 0 Å². The van der Waals surface area contributed by atoms with Crippen LogP contribution in [-0.4, -0.2) is 40.8 Å². The Bertz CT molecular complexity index is 1090. The maximum atomic E-state index is 13.5. The summed E-state index contributed by atoms with van der Waals surface area (Å²) in [6.45, 7) is 2.84. The van der Waals surface area contributed by atoms with Gasteiger partial charge in [0.05, 0.1) is 11.8 Å². The summed E-state index contributed by atoms with van der Waals surface area (Å²) in [4.78, 5) is 31.5. The van der Waals surface area contributed by atoms with E-state index >= 15 is 0 Å². The van der Waals surface area contributed by atoms with E-state index in [1.54, 1.807) is 41.4 Å². The third-order valence-electron chi connectivity index (χ3n) is 5.31. The Morgan fingerprint density at radius 3 is 2.68 bits per heavy atom. The number of halogens is 1. The van der Waals surface area contributed by atoms with Gasteiger partial charge in [-0.1, -0.05) is 6.07 Å². The number of carbonyl (C=O) groups is 2. The highest BCUT2D eigenvalue weighted by Gasteiger charge is 2.27. The van der Waals surface area contributed by atoms with Gasteiger partial charge in [-0.25, -0.2) is 9.37 Å². The van der Waals surface area contributed by atoms with Crippen molar-refractivity contribution in [3.8, 4) is 0 Å².